The molecule has 0 bridgehead atoms. The summed E-state index contributed by atoms with van der Waals surface area (Å²) < 4.78 is 0. The van der Waals surface area contributed by atoms with Crippen molar-refractivity contribution < 1.29 is 34.8 Å². The second kappa shape index (κ2) is 14.6. The van der Waals surface area contributed by atoms with Crippen molar-refractivity contribution in [1.82, 2.24) is 0 Å². The van der Waals surface area contributed by atoms with Crippen LogP contribution in [0.4, 0.5) is 4.79 Å². The van der Waals surface area contributed by atoms with E-state index in [4.69, 9.17) is 34.8 Å². The molecule has 0 unspecified atom stereocenters. The average Bonchev–Trinajstić information content (AvgIpc) is 1.63. The predicted octanol–water partition coefficient (Wildman–Crippen LogP) is -6.72. The van der Waals surface area contributed by atoms with E-state index in [0.717, 1.165) is 0 Å². The van der Waals surface area contributed by atoms with Crippen LogP contribution in [0.2, 0.25) is 0 Å². The number of aliphatic carboxylic acids is 2. The molecule has 12 heavy (non-hydrogen) atoms. The standard InChI is InChI=1S/C2H2O4.CH2O3.Ba.Ca/c3-1(4)2(5)6;2-1(3)4;;/h(H,3,4)(H,5,6);(H2,2,3,4);;/q;;2*+2/p-4. The largest absolute Gasteiger partial charge is 2.00 e. The summed E-state index contributed by atoms with van der Waals surface area (Å²) in [6.07, 6.45) is -2.33. The van der Waals surface area contributed by atoms with Gasteiger partial charge in [0.15, 0.2) is 0 Å². The number of carbonyl (C=O) groups is 3. The number of rotatable bonds is 0. The van der Waals surface area contributed by atoms with Crippen molar-refractivity contribution >= 4 is 105 Å². The fourth-order valence-corrected chi connectivity index (χ4v) is 0. The summed E-state index contributed by atoms with van der Waals surface area (Å²) in [6, 6.07) is 0. The van der Waals surface area contributed by atoms with Crippen LogP contribution in [0.15, 0.2) is 0 Å². The molecule has 0 aliphatic heterocycles. The third-order valence-electron chi connectivity index (χ3n) is 0.167. The first-order valence-corrected chi connectivity index (χ1v) is 1.68. The van der Waals surface area contributed by atoms with Gasteiger partial charge in [-0.1, -0.05) is 0 Å². The van der Waals surface area contributed by atoms with E-state index < -0.39 is 18.1 Å². The molecule has 0 rings (SSSR count). The van der Waals surface area contributed by atoms with Gasteiger partial charge in [-0.3, -0.25) is 0 Å². The molecular weight excluding hydrogens is 325 g/mol. The Morgan fingerprint density at radius 1 is 0.750 bits per heavy atom. The molecule has 0 aliphatic carbocycles. The fourth-order valence-electron chi connectivity index (χ4n) is 0. The van der Waals surface area contributed by atoms with Crippen molar-refractivity contribution in [2.24, 2.45) is 0 Å². The van der Waals surface area contributed by atoms with Crippen LogP contribution in [0.3, 0.4) is 0 Å². The van der Waals surface area contributed by atoms with Crippen molar-refractivity contribution in [3.05, 3.63) is 0 Å². The average molecular weight is 325 g/mol. The summed E-state index contributed by atoms with van der Waals surface area (Å²) in [5.41, 5.74) is 0. The van der Waals surface area contributed by atoms with E-state index in [1.165, 1.54) is 0 Å². The SMILES string of the molecule is O=C([O-])C(=O)[O-].O=C([O-])[O-].[Ba+2].[Ca+2]. The number of hydrogen-bond acceptors (Lipinski definition) is 7. The minimum absolute atomic E-state index is 0. The number of carbonyl (C=O) groups excluding carboxylic acids is 3. The Hall–Kier alpha value is 1.04. The molecule has 0 amide bonds. The van der Waals surface area contributed by atoms with Crippen LogP contribution < -0.4 is 20.4 Å². The monoisotopic (exact) mass is 326 g/mol. The van der Waals surface area contributed by atoms with E-state index in [-0.39, 0.29) is 86.6 Å². The molecule has 0 saturated heterocycles. The van der Waals surface area contributed by atoms with E-state index in [9.17, 15) is 0 Å². The summed E-state index contributed by atoms with van der Waals surface area (Å²) in [7, 11) is 0. The molecule has 0 aromatic heterocycles. The normalized spacial score (nSPS) is 5.67. The van der Waals surface area contributed by atoms with Crippen LogP contribution in [0.1, 0.15) is 0 Å². The van der Waals surface area contributed by atoms with Gasteiger partial charge in [0.05, 0.1) is 11.9 Å². The Labute approximate surface area is 137 Å². The summed E-state index contributed by atoms with van der Waals surface area (Å²) in [5, 5.41) is 34.5. The van der Waals surface area contributed by atoms with E-state index >= 15 is 0 Å². The second-order valence-electron chi connectivity index (χ2n) is 0.825. The maximum Gasteiger partial charge on any atom is 2.00 e. The van der Waals surface area contributed by atoms with Gasteiger partial charge < -0.3 is 34.8 Å². The maximum absolute atomic E-state index is 8.93. The van der Waals surface area contributed by atoms with Crippen LogP contribution in [0.5, 0.6) is 0 Å². The smallest absolute Gasteiger partial charge is 0.652 e. The molecule has 0 spiro atoms. The predicted molar refractivity (Wildman–Crippen MR) is 26.9 cm³/mol. The van der Waals surface area contributed by atoms with Gasteiger partial charge >= 0.3 is 86.6 Å². The van der Waals surface area contributed by atoms with Gasteiger partial charge in [0.1, 0.15) is 0 Å². The van der Waals surface area contributed by atoms with Crippen LogP contribution in [0, 0.1) is 0 Å². The van der Waals surface area contributed by atoms with Gasteiger partial charge in [-0.15, -0.1) is 0 Å². The topological polar surface area (TPSA) is 143 Å². The molecule has 0 aromatic rings. The Kier molecular flexibility index (Phi) is 28.1. The molecular formula is C3BaCaO7. The Morgan fingerprint density at radius 2 is 0.833 bits per heavy atom. The molecule has 9 heteroatoms. The van der Waals surface area contributed by atoms with Gasteiger partial charge in [0.2, 0.25) is 0 Å². The van der Waals surface area contributed by atoms with Crippen molar-refractivity contribution in [3.63, 3.8) is 0 Å². The Bertz CT molecular complexity index is 141. The molecule has 0 aliphatic rings. The van der Waals surface area contributed by atoms with Crippen molar-refractivity contribution in [1.29, 1.82) is 0 Å². The quantitative estimate of drug-likeness (QED) is 0.318. The number of hydrogen-bond donors (Lipinski definition) is 0. The number of carboxylic acid groups (broad SMARTS) is 4. The summed E-state index contributed by atoms with van der Waals surface area (Å²) in [6.45, 7) is 0. The molecule has 0 atom stereocenters. The van der Waals surface area contributed by atoms with Gasteiger partial charge in [-0.05, 0) is 6.16 Å². The van der Waals surface area contributed by atoms with E-state index in [2.05, 4.69) is 0 Å². The van der Waals surface area contributed by atoms with E-state index in [0.29, 0.717) is 0 Å². The third-order valence-corrected chi connectivity index (χ3v) is 0.167. The summed E-state index contributed by atoms with van der Waals surface area (Å²) >= 11 is 0. The first-order chi connectivity index (χ1) is 4.37. The minimum Gasteiger partial charge on any atom is -0.652 e. The minimum atomic E-state index is -2.33. The van der Waals surface area contributed by atoms with E-state index in [1.807, 2.05) is 0 Å². The molecule has 0 N–H and O–H groups in total. The zero-order chi connectivity index (χ0) is 8.73. The van der Waals surface area contributed by atoms with Crippen LogP contribution >= 0.6 is 0 Å². The summed E-state index contributed by atoms with van der Waals surface area (Å²) in [5.74, 6) is -4.37. The zero-order valence-corrected chi connectivity index (χ0v) is 12.4. The van der Waals surface area contributed by atoms with Crippen molar-refractivity contribution in [2.45, 2.75) is 0 Å². The van der Waals surface area contributed by atoms with Crippen molar-refractivity contribution in [2.75, 3.05) is 0 Å². The Balaban J connectivity index is -0.0000000483. The summed E-state index contributed by atoms with van der Waals surface area (Å²) in [4.78, 5) is 26.2. The zero-order valence-electron chi connectivity index (χ0n) is 5.77. The second-order valence-corrected chi connectivity index (χ2v) is 0.825. The van der Waals surface area contributed by atoms with E-state index in [1.54, 1.807) is 0 Å². The molecule has 0 aromatic carbocycles. The van der Waals surface area contributed by atoms with Crippen LogP contribution in [-0.2, 0) is 9.59 Å². The van der Waals surface area contributed by atoms with Gasteiger partial charge in [-0.25, -0.2) is 0 Å². The first kappa shape index (κ1) is 23.1. The fraction of sp³-hybridized carbons (Fsp3) is 0. The van der Waals surface area contributed by atoms with Crippen LogP contribution in [0.25, 0.3) is 0 Å². The molecule has 7 nitrogen and oxygen atoms in total. The maximum atomic E-state index is 8.93. The molecule has 58 valence electrons. The third kappa shape index (κ3) is 43.8. The molecule has 0 heterocycles. The Morgan fingerprint density at radius 3 is 0.833 bits per heavy atom. The van der Waals surface area contributed by atoms with Gasteiger partial charge in [0, 0.05) is 0 Å². The molecule has 0 fully saturated rings. The van der Waals surface area contributed by atoms with Gasteiger partial charge in [0.25, 0.3) is 0 Å². The molecule has 0 saturated carbocycles. The van der Waals surface area contributed by atoms with Crippen LogP contribution in [-0.4, -0.2) is 105 Å². The van der Waals surface area contributed by atoms with Gasteiger partial charge in [-0.2, -0.15) is 0 Å². The number of carboxylic acids is 2. The first-order valence-electron chi connectivity index (χ1n) is 1.68. The molecule has 0 radical (unpaired) electrons. The van der Waals surface area contributed by atoms with Crippen molar-refractivity contribution in [3.8, 4) is 0 Å².